The van der Waals surface area contributed by atoms with E-state index in [4.69, 9.17) is 9.47 Å². The largest absolute Gasteiger partial charge is 0.460 e. The van der Waals surface area contributed by atoms with Gasteiger partial charge in [-0.05, 0) is 54.4 Å². The van der Waals surface area contributed by atoms with E-state index in [0.717, 1.165) is 13.1 Å². The summed E-state index contributed by atoms with van der Waals surface area (Å²) in [5.41, 5.74) is 1.39. The van der Waals surface area contributed by atoms with Crippen LogP contribution in [0.2, 0.25) is 0 Å². The molecule has 5 heteroatoms. The van der Waals surface area contributed by atoms with Gasteiger partial charge in [-0.2, -0.15) is 0 Å². The van der Waals surface area contributed by atoms with E-state index < -0.39 is 23.0 Å². The Bertz CT molecular complexity index is 476. The monoisotopic (exact) mass is 323 g/mol. The van der Waals surface area contributed by atoms with Gasteiger partial charge in [0.05, 0.1) is 11.8 Å². The van der Waals surface area contributed by atoms with Crippen LogP contribution in [-0.4, -0.2) is 36.2 Å². The van der Waals surface area contributed by atoms with Gasteiger partial charge in [0.1, 0.15) is 11.2 Å². The standard InChI is InChI=1S/C18H29NO4/c1-17(2,3)22-15(20)13-7-11-9-19-10-12(11)8-14(13)16(21)23-18(4,5)6/h13-14,19H,7-10H2,1-6H3. The predicted molar refractivity (Wildman–Crippen MR) is 87.8 cm³/mol. The lowest BCUT2D eigenvalue weighted by Crippen LogP contribution is -2.40. The van der Waals surface area contributed by atoms with Gasteiger partial charge in [0, 0.05) is 13.1 Å². The fourth-order valence-electron chi connectivity index (χ4n) is 3.11. The number of carbonyl (C=O) groups is 2. The van der Waals surface area contributed by atoms with Crippen molar-refractivity contribution in [3.63, 3.8) is 0 Å². The number of carbonyl (C=O) groups excluding carboxylic acids is 2. The number of hydrogen-bond donors (Lipinski definition) is 1. The minimum Gasteiger partial charge on any atom is -0.460 e. The van der Waals surface area contributed by atoms with Gasteiger partial charge < -0.3 is 14.8 Å². The Morgan fingerprint density at radius 2 is 1.17 bits per heavy atom. The molecule has 0 saturated heterocycles. The van der Waals surface area contributed by atoms with Gasteiger partial charge in [-0.15, -0.1) is 0 Å². The average molecular weight is 323 g/mol. The van der Waals surface area contributed by atoms with Crippen LogP contribution in [0, 0.1) is 11.8 Å². The molecule has 1 N–H and O–H groups in total. The van der Waals surface area contributed by atoms with Crippen molar-refractivity contribution in [1.82, 2.24) is 5.32 Å². The highest BCUT2D eigenvalue weighted by molar-refractivity contribution is 5.83. The average Bonchev–Trinajstić information content (AvgIpc) is 2.79. The SMILES string of the molecule is CC(C)(C)OC(=O)C1CC2=C(CNC2)CC1C(=O)OC(C)(C)C. The van der Waals surface area contributed by atoms with Crippen LogP contribution in [0.5, 0.6) is 0 Å². The molecular weight excluding hydrogens is 294 g/mol. The van der Waals surface area contributed by atoms with Crippen LogP contribution in [0.3, 0.4) is 0 Å². The molecule has 0 bridgehead atoms. The Morgan fingerprint density at radius 1 is 0.826 bits per heavy atom. The molecule has 0 amide bonds. The van der Waals surface area contributed by atoms with Crippen molar-refractivity contribution in [2.45, 2.75) is 65.6 Å². The third kappa shape index (κ3) is 4.80. The number of rotatable bonds is 2. The Balaban J connectivity index is 2.21. The highest BCUT2D eigenvalue weighted by atomic mass is 16.6. The molecule has 130 valence electrons. The first-order valence-electron chi connectivity index (χ1n) is 8.32. The van der Waals surface area contributed by atoms with E-state index in [-0.39, 0.29) is 11.9 Å². The van der Waals surface area contributed by atoms with E-state index >= 15 is 0 Å². The molecule has 2 rings (SSSR count). The summed E-state index contributed by atoms with van der Waals surface area (Å²) in [5.74, 6) is -1.51. The fourth-order valence-corrected chi connectivity index (χ4v) is 3.11. The molecule has 0 saturated carbocycles. The van der Waals surface area contributed by atoms with Gasteiger partial charge in [0.15, 0.2) is 0 Å². The van der Waals surface area contributed by atoms with Crippen molar-refractivity contribution < 1.29 is 19.1 Å². The molecule has 2 unspecified atom stereocenters. The first-order valence-corrected chi connectivity index (χ1v) is 8.32. The summed E-state index contributed by atoms with van der Waals surface area (Å²) in [7, 11) is 0. The van der Waals surface area contributed by atoms with E-state index in [0.29, 0.717) is 12.8 Å². The van der Waals surface area contributed by atoms with Crippen molar-refractivity contribution in [2.75, 3.05) is 13.1 Å². The first kappa shape index (κ1) is 18.0. The molecule has 23 heavy (non-hydrogen) atoms. The molecule has 1 heterocycles. The quantitative estimate of drug-likeness (QED) is 0.625. The second-order valence-electron chi connectivity index (χ2n) is 8.50. The summed E-state index contributed by atoms with van der Waals surface area (Å²) in [6.45, 7) is 12.7. The van der Waals surface area contributed by atoms with Gasteiger partial charge >= 0.3 is 11.9 Å². The van der Waals surface area contributed by atoms with Gasteiger partial charge in [-0.25, -0.2) is 0 Å². The molecule has 1 aliphatic carbocycles. The normalized spacial score (nSPS) is 25.1. The summed E-state index contributed by atoms with van der Waals surface area (Å²) in [5, 5.41) is 3.30. The number of nitrogens with one attached hydrogen (secondary N) is 1. The molecule has 0 aromatic carbocycles. The lowest BCUT2D eigenvalue weighted by Gasteiger charge is -2.33. The Hall–Kier alpha value is -1.36. The fraction of sp³-hybridized carbons (Fsp3) is 0.778. The number of esters is 2. The number of ether oxygens (including phenoxy) is 2. The van der Waals surface area contributed by atoms with Crippen molar-refractivity contribution >= 4 is 11.9 Å². The van der Waals surface area contributed by atoms with Crippen LogP contribution >= 0.6 is 0 Å². The van der Waals surface area contributed by atoms with Crippen LogP contribution in [0.15, 0.2) is 11.1 Å². The Kier molecular flexibility index (Phi) is 4.90. The third-order valence-corrected chi connectivity index (χ3v) is 4.01. The maximum atomic E-state index is 12.6. The van der Waals surface area contributed by atoms with Gasteiger partial charge in [-0.1, -0.05) is 11.1 Å². The minimum atomic E-state index is -0.557. The van der Waals surface area contributed by atoms with E-state index in [1.165, 1.54) is 11.1 Å². The summed E-state index contributed by atoms with van der Waals surface area (Å²) in [6, 6.07) is 0. The van der Waals surface area contributed by atoms with Crippen LogP contribution < -0.4 is 5.32 Å². The van der Waals surface area contributed by atoms with Crippen LogP contribution in [0.25, 0.3) is 0 Å². The number of hydrogen-bond acceptors (Lipinski definition) is 5. The zero-order valence-electron chi connectivity index (χ0n) is 15.1. The highest BCUT2D eigenvalue weighted by Gasteiger charge is 2.43. The summed E-state index contributed by atoms with van der Waals surface area (Å²) < 4.78 is 11.1. The van der Waals surface area contributed by atoms with Gasteiger partial charge in [-0.3, -0.25) is 9.59 Å². The second-order valence-corrected chi connectivity index (χ2v) is 8.50. The first-order chi connectivity index (χ1) is 10.5. The summed E-state index contributed by atoms with van der Waals surface area (Å²) >= 11 is 0. The molecule has 2 aliphatic rings. The molecular formula is C18H29NO4. The van der Waals surface area contributed by atoms with E-state index in [1.807, 2.05) is 41.5 Å². The third-order valence-electron chi connectivity index (χ3n) is 4.01. The topological polar surface area (TPSA) is 64.6 Å². The smallest absolute Gasteiger partial charge is 0.310 e. The minimum absolute atomic E-state index is 0.299. The lowest BCUT2D eigenvalue weighted by molar-refractivity contribution is -0.173. The maximum Gasteiger partial charge on any atom is 0.310 e. The molecule has 0 fully saturated rings. The van der Waals surface area contributed by atoms with Crippen molar-refractivity contribution in [2.24, 2.45) is 11.8 Å². The zero-order chi connectivity index (χ0) is 17.4. The second kappa shape index (κ2) is 6.27. The molecule has 0 aromatic heterocycles. The zero-order valence-corrected chi connectivity index (χ0v) is 15.1. The maximum absolute atomic E-state index is 12.6. The van der Waals surface area contributed by atoms with Crippen molar-refractivity contribution in [1.29, 1.82) is 0 Å². The lowest BCUT2D eigenvalue weighted by atomic mass is 9.76. The molecule has 5 nitrogen and oxygen atoms in total. The molecule has 2 atom stereocenters. The van der Waals surface area contributed by atoms with Gasteiger partial charge in [0.2, 0.25) is 0 Å². The van der Waals surface area contributed by atoms with E-state index in [9.17, 15) is 9.59 Å². The van der Waals surface area contributed by atoms with E-state index in [2.05, 4.69) is 5.32 Å². The van der Waals surface area contributed by atoms with Crippen LogP contribution in [0.4, 0.5) is 0 Å². The molecule has 0 radical (unpaired) electrons. The molecule has 0 aromatic rings. The molecule has 1 aliphatic heterocycles. The summed E-state index contributed by atoms with van der Waals surface area (Å²) in [4.78, 5) is 25.2. The highest BCUT2D eigenvalue weighted by Crippen LogP contribution is 2.38. The Labute approximate surface area is 138 Å². The van der Waals surface area contributed by atoms with Crippen LogP contribution in [0.1, 0.15) is 54.4 Å². The predicted octanol–water partition coefficient (Wildman–Crippen LogP) is 2.60. The summed E-state index contributed by atoms with van der Waals surface area (Å²) in [6.07, 6.45) is 1.17. The Morgan fingerprint density at radius 3 is 1.48 bits per heavy atom. The van der Waals surface area contributed by atoms with Crippen molar-refractivity contribution in [3.8, 4) is 0 Å². The van der Waals surface area contributed by atoms with Crippen molar-refractivity contribution in [3.05, 3.63) is 11.1 Å². The van der Waals surface area contributed by atoms with Gasteiger partial charge in [0.25, 0.3) is 0 Å². The van der Waals surface area contributed by atoms with Crippen LogP contribution in [-0.2, 0) is 19.1 Å². The van der Waals surface area contributed by atoms with E-state index in [1.54, 1.807) is 0 Å². The molecule has 0 spiro atoms.